The first-order valence-electron chi connectivity index (χ1n) is 7.07. The Morgan fingerprint density at radius 1 is 1.53 bits per heavy atom. The first kappa shape index (κ1) is 13.0. The third kappa shape index (κ3) is 2.78. The van der Waals surface area contributed by atoms with E-state index in [1.807, 2.05) is 0 Å². The number of rotatable bonds is 5. The van der Waals surface area contributed by atoms with E-state index in [9.17, 15) is 4.79 Å². The van der Waals surface area contributed by atoms with Crippen molar-refractivity contribution in [3.05, 3.63) is 21.6 Å². The zero-order valence-electron chi connectivity index (χ0n) is 11.3. The molecule has 2 fully saturated rings. The second-order valence-electron chi connectivity index (χ2n) is 6.32. The van der Waals surface area contributed by atoms with Crippen LogP contribution in [0, 0.1) is 11.3 Å². The van der Waals surface area contributed by atoms with Crippen LogP contribution in [0.15, 0.2) is 11.0 Å². The minimum absolute atomic E-state index is 0.0800. The highest BCUT2D eigenvalue weighted by atomic mass is 35.5. The van der Waals surface area contributed by atoms with Crippen LogP contribution in [-0.2, 0) is 6.54 Å². The lowest BCUT2D eigenvalue weighted by Crippen LogP contribution is -2.31. The molecule has 0 amide bonds. The van der Waals surface area contributed by atoms with Crippen molar-refractivity contribution in [2.45, 2.75) is 45.6 Å². The van der Waals surface area contributed by atoms with Crippen molar-refractivity contribution in [1.82, 2.24) is 9.78 Å². The van der Waals surface area contributed by atoms with Gasteiger partial charge in [-0.3, -0.25) is 4.79 Å². The van der Waals surface area contributed by atoms with Crippen LogP contribution in [0.5, 0.6) is 0 Å². The van der Waals surface area contributed by atoms with E-state index in [0.29, 0.717) is 22.0 Å². The molecule has 5 heteroatoms. The minimum atomic E-state index is -0.0800. The number of nitrogens with zero attached hydrogens (tertiary/aromatic N) is 2. The smallest absolute Gasteiger partial charge is 0.291 e. The molecular formula is C14H20ClN3O. The fraction of sp³-hybridized carbons (Fsp3) is 0.714. The number of halogens is 1. The lowest BCUT2D eigenvalue weighted by Gasteiger charge is -2.25. The SMILES string of the molecule is CC1(CNc2c(Cl)cnn(CC3CCC3)c2=O)CC1. The van der Waals surface area contributed by atoms with Crippen LogP contribution in [0.4, 0.5) is 5.69 Å². The predicted octanol–water partition coefficient (Wildman–Crippen LogP) is 2.91. The molecule has 1 aromatic heterocycles. The van der Waals surface area contributed by atoms with Crippen LogP contribution in [0.1, 0.15) is 39.0 Å². The molecule has 1 aromatic rings. The van der Waals surface area contributed by atoms with Crippen molar-refractivity contribution < 1.29 is 0 Å². The van der Waals surface area contributed by atoms with Gasteiger partial charge >= 0.3 is 0 Å². The molecule has 3 rings (SSSR count). The number of anilines is 1. The Labute approximate surface area is 118 Å². The number of hydrogen-bond donors (Lipinski definition) is 1. The van der Waals surface area contributed by atoms with Crippen LogP contribution in [0.25, 0.3) is 0 Å². The van der Waals surface area contributed by atoms with Gasteiger partial charge in [-0.15, -0.1) is 0 Å². The lowest BCUT2D eigenvalue weighted by molar-refractivity contribution is 0.262. The van der Waals surface area contributed by atoms with E-state index < -0.39 is 0 Å². The van der Waals surface area contributed by atoms with Gasteiger partial charge in [-0.05, 0) is 37.0 Å². The molecule has 4 nitrogen and oxygen atoms in total. The predicted molar refractivity (Wildman–Crippen MR) is 76.7 cm³/mol. The summed E-state index contributed by atoms with van der Waals surface area (Å²) in [5.41, 5.74) is 0.783. The maximum atomic E-state index is 12.4. The lowest BCUT2D eigenvalue weighted by atomic mass is 9.85. The van der Waals surface area contributed by atoms with Gasteiger partial charge in [-0.25, -0.2) is 4.68 Å². The molecule has 0 radical (unpaired) electrons. The number of hydrogen-bond acceptors (Lipinski definition) is 3. The van der Waals surface area contributed by atoms with Gasteiger partial charge in [0.25, 0.3) is 5.56 Å². The fourth-order valence-electron chi connectivity index (χ4n) is 2.37. The van der Waals surface area contributed by atoms with Crippen molar-refractivity contribution >= 4 is 17.3 Å². The van der Waals surface area contributed by atoms with Gasteiger partial charge in [-0.2, -0.15) is 5.10 Å². The molecule has 2 aliphatic rings. The summed E-state index contributed by atoms with van der Waals surface area (Å²) in [6.45, 7) is 3.76. The minimum Gasteiger partial charge on any atom is -0.379 e. The molecule has 0 bridgehead atoms. The van der Waals surface area contributed by atoms with E-state index in [2.05, 4.69) is 17.3 Å². The highest BCUT2D eigenvalue weighted by molar-refractivity contribution is 6.32. The highest BCUT2D eigenvalue weighted by Crippen LogP contribution is 2.44. The van der Waals surface area contributed by atoms with Crippen LogP contribution >= 0.6 is 11.6 Å². The molecule has 1 N–H and O–H groups in total. The molecule has 0 atom stereocenters. The Morgan fingerprint density at radius 2 is 2.26 bits per heavy atom. The van der Waals surface area contributed by atoms with Gasteiger partial charge in [-0.1, -0.05) is 24.9 Å². The van der Waals surface area contributed by atoms with Crippen LogP contribution in [0.2, 0.25) is 5.02 Å². The maximum Gasteiger partial charge on any atom is 0.291 e. The van der Waals surface area contributed by atoms with Gasteiger partial charge in [0.1, 0.15) is 5.69 Å². The topological polar surface area (TPSA) is 46.9 Å². The Bertz CT molecular complexity index is 532. The van der Waals surface area contributed by atoms with Gasteiger partial charge in [0.05, 0.1) is 11.2 Å². The molecule has 2 aliphatic carbocycles. The third-order valence-electron chi connectivity index (χ3n) is 4.45. The number of nitrogens with one attached hydrogen (secondary N) is 1. The first-order valence-corrected chi connectivity index (χ1v) is 7.45. The second kappa shape index (κ2) is 4.82. The summed E-state index contributed by atoms with van der Waals surface area (Å²) in [4.78, 5) is 12.4. The Kier molecular flexibility index (Phi) is 3.29. The van der Waals surface area contributed by atoms with Crippen molar-refractivity contribution in [1.29, 1.82) is 0 Å². The largest absolute Gasteiger partial charge is 0.379 e. The number of aromatic nitrogens is 2. The van der Waals surface area contributed by atoms with E-state index in [1.165, 1.54) is 32.1 Å². The Hall–Kier alpha value is -1.03. The first-order chi connectivity index (χ1) is 9.07. The van der Waals surface area contributed by atoms with Crippen molar-refractivity contribution in [3.8, 4) is 0 Å². The van der Waals surface area contributed by atoms with Gasteiger partial charge in [0.2, 0.25) is 0 Å². The summed E-state index contributed by atoms with van der Waals surface area (Å²) >= 11 is 6.10. The summed E-state index contributed by atoms with van der Waals surface area (Å²) in [6.07, 6.45) is 7.71. The quantitative estimate of drug-likeness (QED) is 0.903. The van der Waals surface area contributed by atoms with Crippen molar-refractivity contribution in [2.75, 3.05) is 11.9 Å². The summed E-state index contributed by atoms with van der Waals surface area (Å²) in [6, 6.07) is 0. The van der Waals surface area contributed by atoms with E-state index >= 15 is 0 Å². The normalized spacial score (nSPS) is 20.9. The molecule has 19 heavy (non-hydrogen) atoms. The Morgan fingerprint density at radius 3 is 2.84 bits per heavy atom. The maximum absolute atomic E-state index is 12.4. The van der Waals surface area contributed by atoms with Gasteiger partial charge in [0, 0.05) is 13.1 Å². The zero-order valence-corrected chi connectivity index (χ0v) is 12.0. The molecule has 0 unspecified atom stereocenters. The molecule has 1 heterocycles. The third-order valence-corrected chi connectivity index (χ3v) is 4.74. The fourth-order valence-corrected chi connectivity index (χ4v) is 2.56. The van der Waals surface area contributed by atoms with Crippen LogP contribution < -0.4 is 10.9 Å². The summed E-state index contributed by atoms with van der Waals surface area (Å²) in [5.74, 6) is 0.611. The monoisotopic (exact) mass is 281 g/mol. The van der Waals surface area contributed by atoms with Crippen LogP contribution in [-0.4, -0.2) is 16.3 Å². The van der Waals surface area contributed by atoms with Gasteiger partial charge < -0.3 is 5.32 Å². The molecule has 104 valence electrons. The average Bonchev–Trinajstić information content (AvgIpc) is 3.04. The summed E-state index contributed by atoms with van der Waals surface area (Å²) < 4.78 is 1.56. The molecule has 0 aromatic carbocycles. The van der Waals surface area contributed by atoms with Crippen LogP contribution in [0.3, 0.4) is 0 Å². The Balaban J connectivity index is 1.76. The molecule has 0 spiro atoms. The summed E-state index contributed by atoms with van der Waals surface area (Å²) in [5, 5.41) is 7.81. The highest BCUT2D eigenvalue weighted by Gasteiger charge is 2.37. The molecule has 0 saturated heterocycles. The molecule has 2 saturated carbocycles. The average molecular weight is 282 g/mol. The van der Waals surface area contributed by atoms with E-state index in [4.69, 9.17) is 11.6 Å². The second-order valence-corrected chi connectivity index (χ2v) is 6.72. The van der Waals surface area contributed by atoms with Crippen molar-refractivity contribution in [3.63, 3.8) is 0 Å². The van der Waals surface area contributed by atoms with Crippen molar-refractivity contribution in [2.24, 2.45) is 11.3 Å². The molecular weight excluding hydrogens is 262 g/mol. The molecule has 0 aliphatic heterocycles. The van der Waals surface area contributed by atoms with E-state index in [0.717, 1.165) is 13.1 Å². The van der Waals surface area contributed by atoms with E-state index in [-0.39, 0.29) is 5.56 Å². The standard InChI is InChI=1S/C14H20ClN3O/c1-14(5-6-14)9-16-12-11(15)7-17-18(13(12)19)8-10-3-2-4-10/h7,10,16H,2-6,8-9H2,1H3. The summed E-state index contributed by atoms with van der Waals surface area (Å²) in [7, 11) is 0. The van der Waals surface area contributed by atoms with E-state index in [1.54, 1.807) is 10.9 Å². The van der Waals surface area contributed by atoms with Gasteiger partial charge in [0.15, 0.2) is 0 Å². The zero-order chi connectivity index (χ0) is 13.5.